The molecule has 0 radical (unpaired) electrons. The number of amides is 1. The fourth-order valence-electron chi connectivity index (χ4n) is 2.87. The number of methoxy groups -OCH3 is 1. The Morgan fingerprint density at radius 1 is 1.50 bits per heavy atom. The molecule has 8 heteroatoms. The molecule has 0 saturated carbocycles. The topological polar surface area (TPSA) is 92.9 Å². The summed E-state index contributed by atoms with van der Waals surface area (Å²) >= 11 is 1.32. The zero-order chi connectivity index (χ0) is 17.3. The molecule has 1 amide bonds. The number of hydrogen-bond acceptors (Lipinski definition) is 6. The van der Waals surface area contributed by atoms with Crippen molar-refractivity contribution in [1.29, 1.82) is 0 Å². The standard InChI is InChI=1S/C16H18N2O5S/c1-9-3-4-13(23-9)15-17-12(8-24-15)16(21)18-7-11(22-2)5-10(18)6-14(19)20/h3-4,8,10-11H,5-7H2,1-2H3,(H,19,20). The van der Waals surface area contributed by atoms with Gasteiger partial charge in [0.25, 0.3) is 5.91 Å². The van der Waals surface area contributed by atoms with Gasteiger partial charge in [0.2, 0.25) is 0 Å². The van der Waals surface area contributed by atoms with Gasteiger partial charge in [-0.05, 0) is 25.5 Å². The summed E-state index contributed by atoms with van der Waals surface area (Å²) in [5.41, 5.74) is 0.302. The number of likely N-dealkylation sites (tertiary alicyclic amines) is 1. The van der Waals surface area contributed by atoms with E-state index < -0.39 is 5.97 Å². The molecule has 24 heavy (non-hydrogen) atoms. The molecule has 1 N–H and O–H groups in total. The average molecular weight is 350 g/mol. The van der Waals surface area contributed by atoms with Crippen LogP contribution in [0, 0.1) is 6.92 Å². The first-order valence-electron chi connectivity index (χ1n) is 7.56. The Balaban J connectivity index is 1.79. The summed E-state index contributed by atoms with van der Waals surface area (Å²) in [4.78, 5) is 29.7. The molecule has 1 saturated heterocycles. The minimum atomic E-state index is -0.931. The number of carbonyl (C=O) groups excluding carboxylic acids is 1. The van der Waals surface area contributed by atoms with Gasteiger partial charge in [-0.2, -0.15) is 0 Å². The molecule has 3 heterocycles. The minimum Gasteiger partial charge on any atom is -0.481 e. The van der Waals surface area contributed by atoms with Crippen molar-refractivity contribution in [3.05, 3.63) is 29.0 Å². The number of ether oxygens (including phenoxy) is 1. The van der Waals surface area contributed by atoms with Crippen LogP contribution < -0.4 is 0 Å². The molecule has 0 aromatic carbocycles. The highest BCUT2D eigenvalue weighted by Crippen LogP contribution is 2.29. The summed E-state index contributed by atoms with van der Waals surface area (Å²) in [6, 6.07) is 3.27. The Morgan fingerprint density at radius 3 is 2.92 bits per heavy atom. The maximum absolute atomic E-state index is 12.7. The lowest BCUT2D eigenvalue weighted by atomic mass is 10.1. The quantitative estimate of drug-likeness (QED) is 0.890. The molecule has 0 bridgehead atoms. The highest BCUT2D eigenvalue weighted by Gasteiger charge is 2.37. The van der Waals surface area contributed by atoms with Gasteiger partial charge in [0.05, 0.1) is 12.5 Å². The zero-order valence-electron chi connectivity index (χ0n) is 13.4. The molecule has 0 spiro atoms. The molecule has 1 fully saturated rings. The number of carbonyl (C=O) groups is 2. The lowest BCUT2D eigenvalue weighted by Gasteiger charge is -2.22. The number of thiazole rings is 1. The van der Waals surface area contributed by atoms with E-state index in [4.69, 9.17) is 14.3 Å². The van der Waals surface area contributed by atoms with Crippen molar-refractivity contribution in [3.63, 3.8) is 0 Å². The number of carboxylic acids is 1. The first-order chi connectivity index (χ1) is 11.5. The number of nitrogens with zero attached hydrogens (tertiary/aromatic N) is 2. The third-order valence-electron chi connectivity index (χ3n) is 4.05. The fourth-order valence-corrected chi connectivity index (χ4v) is 3.62. The largest absolute Gasteiger partial charge is 0.481 e. The van der Waals surface area contributed by atoms with E-state index in [1.165, 1.54) is 11.3 Å². The van der Waals surface area contributed by atoms with Crippen molar-refractivity contribution in [2.24, 2.45) is 0 Å². The first-order valence-corrected chi connectivity index (χ1v) is 8.43. The summed E-state index contributed by atoms with van der Waals surface area (Å²) in [6.07, 6.45) is 0.271. The number of furan rings is 1. The first kappa shape index (κ1) is 16.7. The van der Waals surface area contributed by atoms with Crippen LogP contribution in [0.1, 0.15) is 29.1 Å². The maximum Gasteiger partial charge on any atom is 0.305 e. The number of aryl methyl sites for hydroxylation is 1. The van der Waals surface area contributed by atoms with Gasteiger partial charge >= 0.3 is 5.97 Å². The number of rotatable bonds is 5. The molecule has 2 aromatic heterocycles. The summed E-state index contributed by atoms with van der Waals surface area (Å²) in [6.45, 7) is 2.22. The highest BCUT2D eigenvalue weighted by atomic mass is 32.1. The van der Waals surface area contributed by atoms with Crippen LogP contribution in [-0.4, -0.2) is 52.7 Å². The van der Waals surface area contributed by atoms with Gasteiger partial charge in [-0.3, -0.25) is 9.59 Å². The van der Waals surface area contributed by atoms with E-state index in [0.29, 0.717) is 29.4 Å². The predicted octanol–water partition coefficient (Wildman–Crippen LogP) is 2.42. The SMILES string of the molecule is COC1CC(CC(=O)O)N(C(=O)c2csc(-c3ccc(C)o3)n2)C1. The van der Waals surface area contributed by atoms with Crippen molar-refractivity contribution >= 4 is 23.2 Å². The lowest BCUT2D eigenvalue weighted by Crippen LogP contribution is -2.37. The van der Waals surface area contributed by atoms with Crippen LogP contribution in [0.2, 0.25) is 0 Å². The molecule has 128 valence electrons. The van der Waals surface area contributed by atoms with Gasteiger partial charge in [0.1, 0.15) is 11.5 Å². The zero-order valence-corrected chi connectivity index (χ0v) is 14.2. The summed E-state index contributed by atoms with van der Waals surface area (Å²) < 4.78 is 10.8. The Labute approximate surface area is 142 Å². The maximum atomic E-state index is 12.7. The molecule has 2 atom stereocenters. The van der Waals surface area contributed by atoms with Crippen LogP contribution in [0.25, 0.3) is 10.8 Å². The van der Waals surface area contributed by atoms with Gasteiger partial charge in [-0.1, -0.05) is 0 Å². The smallest absolute Gasteiger partial charge is 0.305 e. The molecule has 1 aliphatic rings. The second kappa shape index (κ2) is 6.74. The van der Waals surface area contributed by atoms with Gasteiger partial charge in [-0.25, -0.2) is 4.98 Å². The van der Waals surface area contributed by atoms with Crippen molar-refractivity contribution < 1.29 is 23.8 Å². The van der Waals surface area contributed by atoms with Crippen LogP contribution in [0.4, 0.5) is 0 Å². The highest BCUT2D eigenvalue weighted by molar-refractivity contribution is 7.13. The molecule has 2 aromatic rings. The van der Waals surface area contributed by atoms with E-state index >= 15 is 0 Å². The molecule has 7 nitrogen and oxygen atoms in total. The monoisotopic (exact) mass is 350 g/mol. The van der Waals surface area contributed by atoms with Crippen LogP contribution >= 0.6 is 11.3 Å². The Hall–Kier alpha value is -2.19. The lowest BCUT2D eigenvalue weighted by molar-refractivity contribution is -0.138. The third-order valence-corrected chi connectivity index (χ3v) is 4.91. The van der Waals surface area contributed by atoms with Gasteiger partial charge < -0.3 is 19.2 Å². The Bertz CT molecular complexity index is 753. The van der Waals surface area contributed by atoms with E-state index in [2.05, 4.69) is 4.98 Å². The van der Waals surface area contributed by atoms with Gasteiger partial charge in [0, 0.05) is 25.1 Å². The van der Waals surface area contributed by atoms with Crippen LogP contribution in [0.5, 0.6) is 0 Å². The second-order valence-electron chi connectivity index (χ2n) is 5.75. The van der Waals surface area contributed by atoms with Crippen molar-refractivity contribution in [2.75, 3.05) is 13.7 Å². The number of hydrogen-bond donors (Lipinski definition) is 1. The van der Waals surface area contributed by atoms with E-state index in [1.807, 2.05) is 19.1 Å². The van der Waals surface area contributed by atoms with E-state index in [9.17, 15) is 9.59 Å². The Kier molecular flexibility index (Phi) is 4.68. The molecule has 0 aliphatic carbocycles. The van der Waals surface area contributed by atoms with Crippen molar-refractivity contribution in [2.45, 2.75) is 31.9 Å². The van der Waals surface area contributed by atoms with Crippen LogP contribution in [-0.2, 0) is 9.53 Å². The molecular formula is C16H18N2O5S. The van der Waals surface area contributed by atoms with Crippen LogP contribution in [0.3, 0.4) is 0 Å². The summed E-state index contributed by atoms with van der Waals surface area (Å²) in [5, 5.41) is 11.4. The third kappa shape index (κ3) is 3.34. The molecule has 1 aliphatic heterocycles. The molecule has 2 unspecified atom stereocenters. The number of aromatic nitrogens is 1. The van der Waals surface area contributed by atoms with E-state index in [1.54, 1.807) is 17.4 Å². The van der Waals surface area contributed by atoms with Gasteiger partial charge in [-0.15, -0.1) is 11.3 Å². The summed E-state index contributed by atoms with van der Waals surface area (Å²) in [5.74, 6) is 0.193. The predicted molar refractivity (Wildman–Crippen MR) is 87.0 cm³/mol. The van der Waals surface area contributed by atoms with Gasteiger partial charge in [0.15, 0.2) is 10.8 Å². The van der Waals surface area contributed by atoms with E-state index in [0.717, 1.165) is 5.76 Å². The van der Waals surface area contributed by atoms with Crippen LogP contribution in [0.15, 0.2) is 21.9 Å². The van der Waals surface area contributed by atoms with Crippen molar-refractivity contribution in [1.82, 2.24) is 9.88 Å². The van der Waals surface area contributed by atoms with E-state index in [-0.39, 0.29) is 24.5 Å². The summed E-state index contributed by atoms with van der Waals surface area (Å²) in [7, 11) is 1.57. The molecular weight excluding hydrogens is 332 g/mol. The normalized spacial score (nSPS) is 20.5. The average Bonchev–Trinajstić information content (AvgIpc) is 3.24. The minimum absolute atomic E-state index is 0.0972. The molecule has 3 rings (SSSR count). The fraction of sp³-hybridized carbons (Fsp3) is 0.438. The van der Waals surface area contributed by atoms with Crippen molar-refractivity contribution in [3.8, 4) is 10.8 Å². The number of aliphatic carboxylic acids is 1. The number of carboxylic acid groups (broad SMARTS) is 1. The second-order valence-corrected chi connectivity index (χ2v) is 6.61. The Morgan fingerprint density at radius 2 is 2.29 bits per heavy atom.